The van der Waals surface area contributed by atoms with Crippen molar-refractivity contribution < 1.29 is 26.4 Å². The number of sulfonamides is 1. The maximum atomic E-state index is 12.8. The van der Waals surface area contributed by atoms with Crippen LogP contribution in [-0.2, 0) is 21.4 Å². The summed E-state index contributed by atoms with van der Waals surface area (Å²) >= 11 is 0. The van der Waals surface area contributed by atoms with Crippen LogP contribution in [0, 0.1) is 23.2 Å². The number of nitriles is 1. The van der Waals surface area contributed by atoms with Crippen molar-refractivity contribution in [1.29, 1.82) is 5.26 Å². The molecule has 4 aliphatic rings. The van der Waals surface area contributed by atoms with Crippen LogP contribution in [0.4, 0.5) is 18.9 Å². The Morgan fingerprint density at radius 2 is 2.09 bits per heavy atom. The molecular weight excluding hydrogens is 473 g/mol. The highest BCUT2D eigenvalue weighted by molar-refractivity contribution is 7.89. The number of fused-ring (bicyclic) bond motifs is 2. The second-order valence-corrected chi connectivity index (χ2v) is 10.4. The van der Waals surface area contributed by atoms with Crippen molar-refractivity contribution in [1.82, 2.24) is 14.7 Å². The average molecular weight is 492 g/mol. The number of rotatable bonds is 3. The van der Waals surface area contributed by atoms with Crippen molar-refractivity contribution in [2.75, 3.05) is 6.54 Å². The zero-order chi connectivity index (χ0) is 24.3. The minimum absolute atomic E-state index is 0.146. The Bertz CT molecular complexity index is 1300. The van der Waals surface area contributed by atoms with E-state index in [9.17, 15) is 31.6 Å². The van der Waals surface area contributed by atoms with E-state index in [0.717, 1.165) is 19.3 Å². The standard InChI is InChI=1S/C21H19F3N6O3S/c22-21(23,24)11-29-10-13-8-14(4-5-17(13)34(29,32)33)27-19-18-16(6-7-26-20(18)31)30(28-19)15-3-1-2-12(15)9-25/h4-8,12,15,18H,1-3,10-11H2,(H,27,28)/t12-,15+,18?/m1/s1. The number of aliphatic imine (C=N–C) groups is 2. The van der Waals surface area contributed by atoms with Crippen molar-refractivity contribution >= 4 is 33.7 Å². The summed E-state index contributed by atoms with van der Waals surface area (Å²) in [5, 5.41) is 11.3. The van der Waals surface area contributed by atoms with E-state index in [1.807, 2.05) is 0 Å². The van der Waals surface area contributed by atoms with Crippen molar-refractivity contribution in [3.8, 4) is 6.07 Å². The predicted octanol–water partition coefficient (Wildman–Crippen LogP) is 2.41. The molecule has 0 radical (unpaired) electrons. The summed E-state index contributed by atoms with van der Waals surface area (Å²) in [5.41, 5.74) is 4.25. The summed E-state index contributed by atoms with van der Waals surface area (Å²) in [6, 6.07) is 6.19. The number of carbonyl (C=O) groups excluding carboxylic acids is 1. The third kappa shape index (κ3) is 3.76. The number of amides is 1. The molecule has 0 spiro atoms. The lowest BCUT2D eigenvalue weighted by Gasteiger charge is -2.29. The smallest absolute Gasteiger partial charge is 0.285 e. The van der Waals surface area contributed by atoms with Crippen molar-refractivity contribution in [3.05, 3.63) is 35.5 Å². The summed E-state index contributed by atoms with van der Waals surface area (Å²) in [7, 11) is -4.25. The molecule has 3 atom stereocenters. The molecular formula is C21H19F3N6O3S. The van der Waals surface area contributed by atoms with Crippen LogP contribution in [0.1, 0.15) is 24.8 Å². The molecule has 9 nitrogen and oxygen atoms in total. The molecule has 1 N–H and O–H groups in total. The van der Waals surface area contributed by atoms with Gasteiger partial charge in [0, 0.05) is 12.8 Å². The lowest BCUT2D eigenvalue weighted by atomic mass is 9.99. The molecule has 0 aromatic heterocycles. The summed E-state index contributed by atoms with van der Waals surface area (Å²) < 4.78 is 63.8. The lowest BCUT2D eigenvalue weighted by molar-refractivity contribution is -0.136. The minimum Gasteiger partial charge on any atom is -0.285 e. The van der Waals surface area contributed by atoms with Gasteiger partial charge in [-0.3, -0.25) is 15.2 Å². The molecule has 1 aromatic rings. The Balaban J connectivity index is 1.47. The average Bonchev–Trinajstić information content (AvgIpc) is 3.43. The molecule has 2 fully saturated rings. The largest absolute Gasteiger partial charge is 0.402 e. The zero-order valence-corrected chi connectivity index (χ0v) is 18.5. The summed E-state index contributed by atoms with van der Waals surface area (Å²) in [4.78, 5) is 20.7. The Morgan fingerprint density at radius 1 is 1.29 bits per heavy atom. The van der Waals surface area contributed by atoms with Gasteiger partial charge in [0.05, 0.1) is 34.3 Å². The molecule has 1 amide bonds. The number of hydrogen-bond acceptors (Lipinski definition) is 6. The van der Waals surface area contributed by atoms with E-state index in [-0.39, 0.29) is 33.9 Å². The Kier molecular flexibility index (Phi) is 5.25. The highest BCUT2D eigenvalue weighted by atomic mass is 32.2. The number of nitrogens with one attached hydrogen (secondary N) is 1. The van der Waals surface area contributed by atoms with Gasteiger partial charge in [0.2, 0.25) is 10.0 Å². The van der Waals surface area contributed by atoms with Crippen LogP contribution < -0.4 is 5.43 Å². The predicted molar refractivity (Wildman–Crippen MR) is 114 cm³/mol. The molecule has 13 heteroatoms. The topological polar surface area (TPSA) is 118 Å². The Morgan fingerprint density at radius 3 is 2.82 bits per heavy atom. The normalized spacial score (nSPS) is 29.1. The summed E-state index contributed by atoms with van der Waals surface area (Å²) in [5.74, 6) is -1.18. The first-order valence-corrected chi connectivity index (χ1v) is 12.0. The summed E-state index contributed by atoms with van der Waals surface area (Å²) in [6.45, 7) is -1.99. The molecule has 5 rings (SSSR count). The van der Waals surface area contributed by atoms with E-state index in [0.29, 0.717) is 10.0 Å². The highest BCUT2D eigenvalue weighted by Gasteiger charge is 2.46. The molecule has 1 saturated heterocycles. The lowest BCUT2D eigenvalue weighted by Crippen LogP contribution is -2.42. The van der Waals surface area contributed by atoms with Gasteiger partial charge in [-0.05, 0) is 49.1 Å². The second-order valence-electron chi connectivity index (χ2n) is 8.53. The van der Waals surface area contributed by atoms with Gasteiger partial charge >= 0.3 is 6.18 Å². The fraction of sp³-hybridized carbons (Fsp3) is 0.429. The zero-order valence-electron chi connectivity index (χ0n) is 17.7. The van der Waals surface area contributed by atoms with E-state index in [1.165, 1.54) is 24.4 Å². The third-order valence-electron chi connectivity index (χ3n) is 6.37. The molecule has 34 heavy (non-hydrogen) atoms. The van der Waals surface area contributed by atoms with Crippen molar-refractivity contribution in [2.24, 2.45) is 21.8 Å². The van der Waals surface area contributed by atoms with Gasteiger partial charge in [0.15, 0.2) is 0 Å². The number of amidine groups is 1. The number of hydrazine groups is 1. The molecule has 1 aliphatic carbocycles. The Labute approximate surface area is 193 Å². The van der Waals surface area contributed by atoms with Gasteiger partial charge in [-0.2, -0.15) is 22.7 Å². The number of dihydropyridines is 1. The van der Waals surface area contributed by atoms with Crippen LogP contribution in [-0.4, -0.2) is 54.5 Å². The van der Waals surface area contributed by atoms with E-state index >= 15 is 0 Å². The Hall–Kier alpha value is -3.24. The molecule has 3 heterocycles. The molecule has 1 aromatic carbocycles. The van der Waals surface area contributed by atoms with Crippen LogP contribution in [0.3, 0.4) is 0 Å². The number of nitrogens with zero attached hydrogens (tertiary/aromatic N) is 5. The van der Waals surface area contributed by atoms with Gasteiger partial charge in [-0.1, -0.05) is 0 Å². The van der Waals surface area contributed by atoms with Crippen molar-refractivity contribution in [3.63, 3.8) is 0 Å². The van der Waals surface area contributed by atoms with Gasteiger partial charge in [0.25, 0.3) is 5.91 Å². The van der Waals surface area contributed by atoms with E-state index in [1.54, 1.807) is 11.1 Å². The number of benzene rings is 1. The van der Waals surface area contributed by atoms with Crippen LogP contribution >= 0.6 is 0 Å². The number of halogens is 3. The first-order chi connectivity index (χ1) is 16.1. The number of allylic oxidation sites excluding steroid dienone is 1. The molecule has 1 saturated carbocycles. The molecule has 0 bridgehead atoms. The first-order valence-electron chi connectivity index (χ1n) is 10.6. The van der Waals surface area contributed by atoms with E-state index in [4.69, 9.17) is 0 Å². The molecule has 3 aliphatic heterocycles. The fourth-order valence-corrected chi connectivity index (χ4v) is 6.48. The van der Waals surface area contributed by atoms with Crippen LogP contribution in [0.15, 0.2) is 44.9 Å². The SMILES string of the molecule is N#C[C@H]1CCC[C@@H]1N1NC(=Nc2ccc3c(c2)CN(CC(F)(F)F)S3(=O)=O)C2C(=O)N=CC=C21. The monoisotopic (exact) mass is 492 g/mol. The quantitative estimate of drug-likeness (QED) is 0.692. The van der Waals surface area contributed by atoms with Gasteiger partial charge < -0.3 is 0 Å². The molecule has 1 unspecified atom stereocenters. The second kappa shape index (κ2) is 7.92. The number of alkyl halides is 3. The number of hydrogen-bond donors (Lipinski definition) is 1. The van der Waals surface area contributed by atoms with Crippen LogP contribution in [0.5, 0.6) is 0 Å². The fourth-order valence-electron chi connectivity index (χ4n) is 4.88. The van der Waals surface area contributed by atoms with Gasteiger partial charge in [0.1, 0.15) is 18.3 Å². The van der Waals surface area contributed by atoms with Crippen molar-refractivity contribution in [2.45, 2.75) is 42.9 Å². The van der Waals surface area contributed by atoms with Gasteiger partial charge in [-0.25, -0.2) is 18.4 Å². The minimum atomic E-state index is -4.67. The number of carbonyl (C=O) groups is 1. The van der Waals surface area contributed by atoms with Crippen LogP contribution in [0.25, 0.3) is 0 Å². The van der Waals surface area contributed by atoms with Gasteiger partial charge in [-0.15, -0.1) is 0 Å². The third-order valence-corrected chi connectivity index (χ3v) is 8.26. The van der Waals surface area contributed by atoms with Crippen LogP contribution in [0.2, 0.25) is 0 Å². The maximum Gasteiger partial charge on any atom is 0.402 e. The first kappa shape index (κ1) is 22.5. The van der Waals surface area contributed by atoms with E-state index < -0.39 is 41.1 Å². The maximum absolute atomic E-state index is 12.8. The van der Waals surface area contributed by atoms with E-state index in [2.05, 4.69) is 21.5 Å². The molecule has 178 valence electrons. The summed E-state index contributed by atoms with van der Waals surface area (Å²) in [6.07, 6.45) is 0.818. The highest BCUT2D eigenvalue weighted by Crippen LogP contribution is 2.38.